The minimum absolute atomic E-state index is 0.0491. The van der Waals surface area contributed by atoms with Gasteiger partial charge in [-0.1, -0.05) is 42.5 Å². The van der Waals surface area contributed by atoms with Crippen LogP contribution in [0.4, 0.5) is 11.4 Å². The normalized spacial score (nSPS) is 10.7. The SMILES string of the molecule is Cc1ccc(C)c(N=Cc2cccc(OCC(=O)Nc3ccccc3)c2)c1. The van der Waals surface area contributed by atoms with Crippen molar-refractivity contribution in [1.29, 1.82) is 0 Å². The highest BCUT2D eigenvalue weighted by Gasteiger charge is 2.04. The van der Waals surface area contributed by atoms with Gasteiger partial charge < -0.3 is 10.1 Å². The summed E-state index contributed by atoms with van der Waals surface area (Å²) in [7, 11) is 0. The van der Waals surface area contributed by atoms with E-state index >= 15 is 0 Å². The number of ether oxygens (including phenoxy) is 1. The van der Waals surface area contributed by atoms with Gasteiger partial charge in [-0.05, 0) is 60.9 Å². The molecule has 0 radical (unpaired) electrons. The average Bonchev–Trinajstić information content (AvgIpc) is 2.68. The Hall–Kier alpha value is -3.40. The van der Waals surface area contributed by atoms with E-state index in [0.29, 0.717) is 5.75 Å². The van der Waals surface area contributed by atoms with Crippen molar-refractivity contribution in [2.75, 3.05) is 11.9 Å². The van der Waals surface area contributed by atoms with Crippen molar-refractivity contribution < 1.29 is 9.53 Å². The van der Waals surface area contributed by atoms with Crippen molar-refractivity contribution in [3.05, 3.63) is 89.5 Å². The largest absolute Gasteiger partial charge is 0.484 e. The first-order valence-electron chi connectivity index (χ1n) is 8.79. The summed E-state index contributed by atoms with van der Waals surface area (Å²) < 4.78 is 5.60. The lowest BCUT2D eigenvalue weighted by Gasteiger charge is -2.08. The summed E-state index contributed by atoms with van der Waals surface area (Å²) in [4.78, 5) is 16.6. The summed E-state index contributed by atoms with van der Waals surface area (Å²) in [6, 6.07) is 23.0. The molecule has 0 heterocycles. The maximum atomic E-state index is 12.0. The maximum absolute atomic E-state index is 12.0. The number of aryl methyl sites for hydroxylation is 2. The van der Waals surface area contributed by atoms with Gasteiger partial charge >= 0.3 is 0 Å². The predicted molar refractivity (Wildman–Crippen MR) is 110 cm³/mol. The van der Waals surface area contributed by atoms with Crippen LogP contribution >= 0.6 is 0 Å². The van der Waals surface area contributed by atoms with Crippen LogP contribution in [0.1, 0.15) is 16.7 Å². The Morgan fingerprint density at radius 3 is 2.63 bits per heavy atom. The molecule has 4 heteroatoms. The quantitative estimate of drug-likeness (QED) is 0.625. The molecule has 0 atom stereocenters. The first-order chi connectivity index (χ1) is 13.1. The van der Waals surface area contributed by atoms with Crippen LogP contribution in [-0.4, -0.2) is 18.7 Å². The molecule has 4 nitrogen and oxygen atoms in total. The number of amides is 1. The van der Waals surface area contributed by atoms with E-state index in [1.54, 1.807) is 6.21 Å². The van der Waals surface area contributed by atoms with Gasteiger partial charge in [0.05, 0.1) is 5.69 Å². The van der Waals surface area contributed by atoms with Gasteiger partial charge in [0.25, 0.3) is 5.91 Å². The van der Waals surface area contributed by atoms with E-state index in [0.717, 1.165) is 22.5 Å². The molecular formula is C23H22N2O2. The molecule has 1 amide bonds. The second kappa shape index (κ2) is 8.81. The van der Waals surface area contributed by atoms with Gasteiger partial charge in [-0.2, -0.15) is 0 Å². The Morgan fingerprint density at radius 1 is 1.00 bits per heavy atom. The Balaban J connectivity index is 1.61. The zero-order chi connectivity index (χ0) is 19.1. The Kier molecular flexibility index (Phi) is 6.00. The number of rotatable bonds is 6. The lowest BCUT2D eigenvalue weighted by molar-refractivity contribution is -0.118. The third-order valence-electron chi connectivity index (χ3n) is 4.00. The number of carbonyl (C=O) groups is 1. The monoisotopic (exact) mass is 358 g/mol. The fourth-order valence-corrected chi connectivity index (χ4v) is 2.55. The number of para-hydroxylation sites is 1. The van der Waals surface area contributed by atoms with E-state index in [2.05, 4.69) is 28.5 Å². The van der Waals surface area contributed by atoms with Gasteiger partial charge in [-0.3, -0.25) is 9.79 Å². The number of hydrogen-bond donors (Lipinski definition) is 1. The zero-order valence-corrected chi connectivity index (χ0v) is 15.5. The summed E-state index contributed by atoms with van der Waals surface area (Å²) in [6.45, 7) is 4.04. The number of nitrogens with one attached hydrogen (secondary N) is 1. The summed E-state index contributed by atoms with van der Waals surface area (Å²) in [5.41, 5.74) is 4.91. The topological polar surface area (TPSA) is 50.7 Å². The molecule has 0 saturated carbocycles. The van der Waals surface area contributed by atoms with Gasteiger partial charge in [-0.25, -0.2) is 0 Å². The van der Waals surface area contributed by atoms with Gasteiger partial charge in [-0.15, -0.1) is 0 Å². The van der Waals surface area contributed by atoms with E-state index in [-0.39, 0.29) is 12.5 Å². The van der Waals surface area contributed by atoms with Crippen LogP contribution in [0.3, 0.4) is 0 Å². The van der Waals surface area contributed by atoms with E-state index in [9.17, 15) is 4.79 Å². The maximum Gasteiger partial charge on any atom is 0.262 e. The van der Waals surface area contributed by atoms with E-state index < -0.39 is 0 Å². The molecule has 1 N–H and O–H groups in total. The molecule has 3 aromatic carbocycles. The highest BCUT2D eigenvalue weighted by Crippen LogP contribution is 2.20. The number of aliphatic imine (C=N–C) groups is 1. The van der Waals surface area contributed by atoms with E-state index in [4.69, 9.17) is 4.74 Å². The number of anilines is 1. The number of hydrogen-bond acceptors (Lipinski definition) is 3. The molecule has 0 spiro atoms. The highest BCUT2D eigenvalue weighted by molar-refractivity contribution is 5.91. The number of nitrogens with zero attached hydrogens (tertiary/aromatic N) is 1. The average molecular weight is 358 g/mol. The minimum atomic E-state index is -0.198. The molecule has 0 saturated heterocycles. The third kappa shape index (κ3) is 5.54. The molecule has 0 unspecified atom stereocenters. The Morgan fingerprint density at radius 2 is 1.81 bits per heavy atom. The Labute approximate surface area is 159 Å². The second-order valence-corrected chi connectivity index (χ2v) is 6.32. The molecule has 0 fully saturated rings. The zero-order valence-electron chi connectivity index (χ0n) is 15.5. The van der Waals surface area contributed by atoms with Crippen LogP contribution in [0.5, 0.6) is 5.75 Å². The lowest BCUT2D eigenvalue weighted by atomic mass is 10.1. The van der Waals surface area contributed by atoms with Crippen LogP contribution in [0, 0.1) is 13.8 Å². The van der Waals surface area contributed by atoms with E-state index in [1.807, 2.05) is 68.4 Å². The van der Waals surface area contributed by atoms with Gasteiger partial charge in [0.1, 0.15) is 5.75 Å². The van der Waals surface area contributed by atoms with Crippen molar-refractivity contribution >= 4 is 23.5 Å². The van der Waals surface area contributed by atoms with Crippen LogP contribution < -0.4 is 10.1 Å². The van der Waals surface area contributed by atoms with E-state index in [1.165, 1.54) is 5.56 Å². The summed E-state index contributed by atoms with van der Waals surface area (Å²) >= 11 is 0. The van der Waals surface area contributed by atoms with Gasteiger partial charge in [0.15, 0.2) is 6.61 Å². The highest BCUT2D eigenvalue weighted by atomic mass is 16.5. The van der Waals surface area contributed by atoms with Crippen molar-refractivity contribution in [3.63, 3.8) is 0 Å². The van der Waals surface area contributed by atoms with Crippen molar-refractivity contribution in [1.82, 2.24) is 0 Å². The molecule has 3 rings (SSSR count). The molecule has 0 aliphatic heterocycles. The standard InChI is InChI=1S/C23H22N2O2/c1-17-11-12-18(2)22(13-17)24-15-19-7-6-10-21(14-19)27-16-23(26)25-20-8-4-3-5-9-20/h3-15H,16H2,1-2H3,(H,25,26). The molecule has 0 aromatic heterocycles. The van der Waals surface area contributed by atoms with Crippen LogP contribution in [-0.2, 0) is 4.79 Å². The summed E-state index contributed by atoms with van der Waals surface area (Å²) in [5, 5.41) is 2.79. The van der Waals surface area contributed by atoms with Crippen molar-refractivity contribution in [2.45, 2.75) is 13.8 Å². The molecule has 0 aliphatic carbocycles. The first-order valence-corrected chi connectivity index (χ1v) is 8.79. The summed E-state index contributed by atoms with van der Waals surface area (Å²) in [5.74, 6) is 0.429. The van der Waals surface area contributed by atoms with Crippen molar-refractivity contribution in [3.8, 4) is 5.75 Å². The predicted octanol–water partition coefficient (Wildman–Crippen LogP) is 5.07. The minimum Gasteiger partial charge on any atom is -0.484 e. The number of carbonyl (C=O) groups excluding carboxylic acids is 1. The summed E-state index contributed by atoms with van der Waals surface area (Å²) in [6.07, 6.45) is 1.80. The smallest absolute Gasteiger partial charge is 0.262 e. The van der Waals surface area contributed by atoms with Crippen LogP contribution in [0.15, 0.2) is 77.8 Å². The fourth-order valence-electron chi connectivity index (χ4n) is 2.55. The van der Waals surface area contributed by atoms with Gasteiger partial charge in [0, 0.05) is 11.9 Å². The Bertz CT molecular complexity index is 950. The first kappa shape index (κ1) is 18.4. The molecule has 0 bridgehead atoms. The van der Waals surface area contributed by atoms with Gasteiger partial charge in [0.2, 0.25) is 0 Å². The second-order valence-electron chi connectivity index (χ2n) is 6.32. The van der Waals surface area contributed by atoms with Crippen molar-refractivity contribution in [2.24, 2.45) is 4.99 Å². The lowest BCUT2D eigenvalue weighted by Crippen LogP contribution is -2.20. The molecule has 0 aliphatic rings. The molecule has 27 heavy (non-hydrogen) atoms. The molecule has 3 aromatic rings. The number of benzene rings is 3. The molecular weight excluding hydrogens is 336 g/mol. The van der Waals surface area contributed by atoms with Crippen LogP contribution in [0.2, 0.25) is 0 Å². The fraction of sp³-hybridized carbons (Fsp3) is 0.130. The van der Waals surface area contributed by atoms with Crippen LogP contribution in [0.25, 0.3) is 0 Å². The third-order valence-corrected chi connectivity index (χ3v) is 4.00. The molecule has 136 valence electrons.